The van der Waals surface area contributed by atoms with E-state index in [1.165, 1.54) is 0 Å². The largest absolute Gasteiger partial charge is 0.444 e. The summed E-state index contributed by atoms with van der Waals surface area (Å²) >= 11 is 0. The minimum absolute atomic E-state index is 0.471. The molecule has 72 valence electrons. The highest BCUT2D eigenvalue weighted by Gasteiger charge is 2.17. The third kappa shape index (κ3) is 5.97. The number of alkyl carbamates (subject to hydrolysis) is 1. The van der Waals surface area contributed by atoms with Gasteiger partial charge in [-0.15, -0.1) is 0 Å². The lowest BCUT2D eigenvalue weighted by Gasteiger charge is -2.20. The van der Waals surface area contributed by atoms with Crippen molar-refractivity contribution >= 4 is 6.09 Å². The molecule has 0 fully saturated rings. The molecule has 0 saturated carbocycles. The van der Waals surface area contributed by atoms with Crippen molar-refractivity contribution in [1.29, 1.82) is 0 Å². The molecule has 0 heterocycles. The number of amides is 1. The molecular weight excluding hydrogens is 158 g/mol. The molecule has 12 heavy (non-hydrogen) atoms. The summed E-state index contributed by atoms with van der Waals surface area (Å²) in [7, 11) is 0. The molecule has 4 nitrogen and oxygen atoms in total. The second-order valence-electron chi connectivity index (χ2n) is 3.57. The highest BCUT2D eigenvalue weighted by atomic mass is 16.6. The summed E-state index contributed by atoms with van der Waals surface area (Å²) in [6.07, 6.45) is -0.934. The van der Waals surface area contributed by atoms with E-state index in [4.69, 9.17) is 9.84 Å². The Morgan fingerprint density at radius 2 is 2.08 bits per heavy atom. The highest BCUT2D eigenvalue weighted by molar-refractivity contribution is 5.67. The molecule has 0 aromatic carbocycles. The van der Waals surface area contributed by atoms with E-state index in [1.54, 1.807) is 27.7 Å². The smallest absolute Gasteiger partial charge is 0.409 e. The van der Waals surface area contributed by atoms with Gasteiger partial charge in [0.25, 0.3) is 0 Å². The van der Waals surface area contributed by atoms with Crippen molar-refractivity contribution in [3.63, 3.8) is 0 Å². The third-order valence-corrected chi connectivity index (χ3v) is 1.07. The Morgan fingerprint density at radius 1 is 1.58 bits per heavy atom. The van der Waals surface area contributed by atoms with E-state index >= 15 is 0 Å². The monoisotopic (exact) mass is 175 g/mol. The Kier molecular flexibility index (Phi) is 4.03. The fourth-order valence-electron chi connectivity index (χ4n) is 0.546. The normalized spacial score (nSPS) is 13.8. The zero-order chi connectivity index (χ0) is 9.78. The molecular formula is C8H17NO3. The fourth-order valence-corrected chi connectivity index (χ4v) is 0.546. The van der Waals surface area contributed by atoms with E-state index in [-0.39, 0.29) is 0 Å². The van der Waals surface area contributed by atoms with E-state index in [1.807, 2.05) is 0 Å². The van der Waals surface area contributed by atoms with Crippen molar-refractivity contribution in [3.8, 4) is 0 Å². The van der Waals surface area contributed by atoms with E-state index in [2.05, 4.69) is 5.32 Å². The van der Waals surface area contributed by atoms with Gasteiger partial charge in [0.2, 0.25) is 0 Å². The molecule has 0 saturated heterocycles. The molecule has 0 aromatic rings. The number of hydrogen-bond donors (Lipinski definition) is 2. The summed E-state index contributed by atoms with van der Waals surface area (Å²) in [6.45, 7) is 7.07. The summed E-state index contributed by atoms with van der Waals surface area (Å²) in [4.78, 5) is 10.9. The van der Waals surface area contributed by atoms with Crippen LogP contribution in [0.25, 0.3) is 0 Å². The topological polar surface area (TPSA) is 58.6 Å². The summed E-state index contributed by atoms with van der Waals surface area (Å²) in [5.41, 5.74) is -0.516. The van der Waals surface area contributed by atoms with Gasteiger partial charge < -0.3 is 9.84 Å². The lowest BCUT2D eigenvalue weighted by atomic mass is 10.2. The summed E-state index contributed by atoms with van der Waals surface area (Å²) in [5, 5.41) is 11.3. The summed E-state index contributed by atoms with van der Waals surface area (Å²) < 4.78 is 4.90. The van der Waals surface area contributed by atoms with Crippen LogP contribution in [-0.2, 0) is 4.74 Å². The number of rotatable bonds is 2. The Hall–Kier alpha value is -0.770. The Labute approximate surface area is 72.9 Å². The van der Waals surface area contributed by atoms with Gasteiger partial charge in [-0.3, -0.25) is 5.32 Å². The molecule has 0 aliphatic heterocycles. The Balaban J connectivity index is 3.75. The summed E-state index contributed by atoms with van der Waals surface area (Å²) in [5.74, 6) is 0. The van der Waals surface area contributed by atoms with Crippen molar-refractivity contribution in [3.05, 3.63) is 0 Å². The van der Waals surface area contributed by atoms with Crippen molar-refractivity contribution in [1.82, 2.24) is 5.32 Å². The summed E-state index contributed by atoms with van der Waals surface area (Å²) in [6, 6.07) is 0. The van der Waals surface area contributed by atoms with E-state index in [0.717, 1.165) is 0 Å². The lowest BCUT2D eigenvalue weighted by molar-refractivity contribution is 0.0353. The van der Waals surface area contributed by atoms with Crippen LogP contribution in [0.5, 0.6) is 0 Å². The molecule has 4 heteroatoms. The van der Waals surface area contributed by atoms with Gasteiger partial charge in [-0.1, -0.05) is 6.92 Å². The molecule has 0 aliphatic carbocycles. The average Bonchev–Trinajstić information content (AvgIpc) is 1.82. The maximum Gasteiger partial charge on any atom is 0.409 e. The van der Waals surface area contributed by atoms with Gasteiger partial charge >= 0.3 is 6.09 Å². The molecule has 0 aromatic heterocycles. The van der Waals surface area contributed by atoms with Crippen LogP contribution in [0.4, 0.5) is 4.79 Å². The van der Waals surface area contributed by atoms with Gasteiger partial charge in [0.05, 0.1) is 0 Å². The number of hydrogen-bond acceptors (Lipinski definition) is 3. The second kappa shape index (κ2) is 4.30. The first-order chi connectivity index (χ1) is 5.35. The minimum atomic E-state index is -0.820. The van der Waals surface area contributed by atoms with Crippen LogP contribution in [0.1, 0.15) is 34.1 Å². The first-order valence-electron chi connectivity index (χ1n) is 4.02. The maximum atomic E-state index is 10.9. The van der Waals surface area contributed by atoms with Crippen LogP contribution in [-0.4, -0.2) is 23.0 Å². The Bertz CT molecular complexity index is 151. The minimum Gasteiger partial charge on any atom is -0.444 e. The third-order valence-electron chi connectivity index (χ3n) is 1.07. The molecule has 1 amide bonds. The van der Waals surface area contributed by atoms with Crippen molar-refractivity contribution in [2.24, 2.45) is 0 Å². The number of aliphatic hydroxyl groups is 1. The molecule has 1 atom stereocenters. The van der Waals surface area contributed by atoms with Gasteiger partial charge in [-0.05, 0) is 27.2 Å². The molecule has 0 rings (SSSR count). The quantitative estimate of drug-likeness (QED) is 0.621. The molecule has 0 spiro atoms. The number of carbonyl (C=O) groups is 1. The average molecular weight is 175 g/mol. The fraction of sp³-hybridized carbons (Fsp3) is 0.875. The van der Waals surface area contributed by atoms with Crippen LogP contribution < -0.4 is 5.32 Å². The number of carbonyl (C=O) groups excluding carboxylic acids is 1. The maximum absolute atomic E-state index is 10.9. The molecule has 0 radical (unpaired) electrons. The first-order valence-corrected chi connectivity index (χ1v) is 4.02. The number of aliphatic hydroxyl groups excluding tert-OH is 1. The first kappa shape index (κ1) is 11.2. The zero-order valence-electron chi connectivity index (χ0n) is 8.05. The van der Waals surface area contributed by atoms with Crippen LogP contribution in [0.3, 0.4) is 0 Å². The second-order valence-corrected chi connectivity index (χ2v) is 3.57. The van der Waals surface area contributed by atoms with Crippen LogP contribution in [0.15, 0.2) is 0 Å². The van der Waals surface area contributed by atoms with E-state index in [9.17, 15) is 4.79 Å². The SMILES string of the molecule is CCC(O)NC(=O)OC(C)(C)C. The van der Waals surface area contributed by atoms with Gasteiger partial charge in [-0.2, -0.15) is 0 Å². The van der Waals surface area contributed by atoms with Gasteiger partial charge in [0.1, 0.15) is 11.8 Å². The zero-order valence-corrected chi connectivity index (χ0v) is 8.05. The van der Waals surface area contributed by atoms with Gasteiger partial charge in [0.15, 0.2) is 0 Å². The van der Waals surface area contributed by atoms with Crippen LogP contribution >= 0.6 is 0 Å². The van der Waals surface area contributed by atoms with Crippen molar-refractivity contribution < 1.29 is 14.6 Å². The highest BCUT2D eigenvalue weighted by Crippen LogP contribution is 2.06. The van der Waals surface area contributed by atoms with Crippen LogP contribution in [0.2, 0.25) is 0 Å². The van der Waals surface area contributed by atoms with Gasteiger partial charge in [-0.25, -0.2) is 4.79 Å². The standard InChI is InChI=1S/C8H17NO3/c1-5-6(10)9-7(11)12-8(2,3)4/h6,10H,5H2,1-4H3,(H,9,11). The predicted molar refractivity (Wildman–Crippen MR) is 45.7 cm³/mol. The molecule has 2 N–H and O–H groups in total. The predicted octanol–water partition coefficient (Wildman–Crippen LogP) is 1.24. The van der Waals surface area contributed by atoms with Gasteiger partial charge in [0, 0.05) is 0 Å². The number of ether oxygens (including phenoxy) is 1. The van der Waals surface area contributed by atoms with Crippen molar-refractivity contribution in [2.75, 3.05) is 0 Å². The van der Waals surface area contributed by atoms with Crippen molar-refractivity contribution in [2.45, 2.75) is 45.9 Å². The van der Waals surface area contributed by atoms with E-state index < -0.39 is 17.9 Å². The molecule has 0 bridgehead atoms. The lowest BCUT2D eigenvalue weighted by Crippen LogP contribution is -2.38. The van der Waals surface area contributed by atoms with Crippen LogP contribution in [0, 0.1) is 0 Å². The molecule has 1 unspecified atom stereocenters. The molecule has 0 aliphatic rings. The number of nitrogens with one attached hydrogen (secondary N) is 1. The Morgan fingerprint density at radius 3 is 2.42 bits per heavy atom. The van der Waals surface area contributed by atoms with E-state index in [0.29, 0.717) is 6.42 Å².